The number of aromatic nitrogens is 1. The van der Waals surface area contributed by atoms with Gasteiger partial charge in [0, 0.05) is 23.4 Å². The number of nitrogens with one attached hydrogen (secondary N) is 1. The Morgan fingerprint density at radius 3 is 2.85 bits per heavy atom. The standard InChI is InChI=1S/C15H18N2O2S/c1-10(16-2)12-9-20-15(17-12)11-4-5-13-14(8-11)19-7-3-6-18-13/h4-5,8-10,16H,3,6-7H2,1-2H3. The SMILES string of the molecule is CNC(C)c1csc(-c2ccc3c(c2)OCCCO3)n1. The molecule has 1 N–H and O–H groups in total. The van der Waals surface area contributed by atoms with Crippen LogP contribution in [-0.2, 0) is 0 Å². The van der Waals surface area contributed by atoms with Gasteiger partial charge in [-0.15, -0.1) is 11.3 Å². The van der Waals surface area contributed by atoms with Gasteiger partial charge in [-0.2, -0.15) is 0 Å². The van der Waals surface area contributed by atoms with E-state index >= 15 is 0 Å². The number of hydrogen-bond acceptors (Lipinski definition) is 5. The molecule has 2 heterocycles. The molecule has 0 spiro atoms. The van der Waals surface area contributed by atoms with Crippen LogP contribution >= 0.6 is 11.3 Å². The summed E-state index contributed by atoms with van der Waals surface area (Å²) in [5.41, 5.74) is 2.15. The molecule has 0 saturated carbocycles. The van der Waals surface area contributed by atoms with Gasteiger partial charge in [0.2, 0.25) is 0 Å². The molecule has 5 heteroatoms. The molecule has 0 saturated heterocycles. The fourth-order valence-corrected chi connectivity index (χ4v) is 2.97. The zero-order valence-corrected chi connectivity index (χ0v) is 12.5. The van der Waals surface area contributed by atoms with Crippen molar-refractivity contribution in [3.05, 3.63) is 29.3 Å². The van der Waals surface area contributed by atoms with Crippen LogP contribution in [0.2, 0.25) is 0 Å². The lowest BCUT2D eigenvalue weighted by Gasteiger charge is -2.08. The summed E-state index contributed by atoms with van der Waals surface area (Å²) in [5.74, 6) is 1.64. The Bertz CT molecular complexity index is 597. The van der Waals surface area contributed by atoms with E-state index in [-0.39, 0.29) is 6.04 Å². The molecular weight excluding hydrogens is 272 g/mol. The summed E-state index contributed by atoms with van der Waals surface area (Å²) in [5, 5.41) is 6.31. The zero-order chi connectivity index (χ0) is 13.9. The van der Waals surface area contributed by atoms with E-state index in [1.54, 1.807) is 11.3 Å². The van der Waals surface area contributed by atoms with Crippen molar-refractivity contribution in [3.8, 4) is 22.1 Å². The minimum Gasteiger partial charge on any atom is -0.490 e. The molecule has 0 radical (unpaired) electrons. The lowest BCUT2D eigenvalue weighted by atomic mass is 10.2. The number of thiazole rings is 1. The normalized spacial score (nSPS) is 15.7. The van der Waals surface area contributed by atoms with Gasteiger partial charge >= 0.3 is 0 Å². The second-order valence-electron chi connectivity index (χ2n) is 4.80. The highest BCUT2D eigenvalue weighted by Crippen LogP contribution is 2.35. The maximum atomic E-state index is 5.73. The minimum atomic E-state index is 0.264. The van der Waals surface area contributed by atoms with Crippen LogP contribution in [0.15, 0.2) is 23.6 Å². The van der Waals surface area contributed by atoms with Crippen LogP contribution in [0.1, 0.15) is 25.1 Å². The van der Waals surface area contributed by atoms with E-state index in [1.165, 1.54) is 0 Å². The van der Waals surface area contributed by atoms with Crippen molar-refractivity contribution in [1.29, 1.82) is 0 Å². The van der Waals surface area contributed by atoms with Gasteiger partial charge in [-0.3, -0.25) is 0 Å². The van der Waals surface area contributed by atoms with Gasteiger partial charge in [-0.25, -0.2) is 4.98 Å². The summed E-state index contributed by atoms with van der Waals surface area (Å²) >= 11 is 1.65. The smallest absolute Gasteiger partial charge is 0.161 e. The van der Waals surface area contributed by atoms with Crippen LogP contribution in [0.25, 0.3) is 10.6 Å². The van der Waals surface area contributed by atoms with Gasteiger partial charge < -0.3 is 14.8 Å². The molecule has 1 aromatic carbocycles. The van der Waals surface area contributed by atoms with Crippen LogP contribution in [0.5, 0.6) is 11.5 Å². The first-order valence-electron chi connectivity index (χ1n) is 6.80. The number of fused-ring (bicyclic) bond motifs is 1. The Morgan fingerprint density at radius 2 is 2.05 bits per heavy atom. The summed E-state index contributed by atoms with van der Waals surface area (Å²) in [6.45, 7) is 3.52. The van der Waals surface area contributed by atoms with Crippen molar-refractivity contribution < 1.29 is 9.47 Å². The molecule has 1 atom stereocenters. The molecule has 1 aliphatic heterocycles. The van der Waals surface area contributed by atoms with Crippen molar-refractivity contribution in [2.24, 2.45) is 0 Å². The molecule has 2 aromatic rings. The van der Waals surface area contributed by atoms with E-state index in [0.717, 1.165) is 34.2 Å². The Hall–Kier alpha value is -1.59. The van der Waals surface area contributed by atoms with E-state index in [4.69, 9.17) is 9.47 Å². The zero-order valence-electron chi connectivity index (χ0n) is 11.7. The van der Waals surface area contributed by atoms with Crippen LogP contribution < -0.4 is 14.8 Å². The summed E-state index contributed by atoms with van der Waals surface area (Å²) < 4.78 is 11.4. The first-order chi connectivity index (χ1) is 9.78. The Kier molecular flexibility index (Phi) is 3.89. The number of rotatable bonds is 3. The molecule has 0 fully saturated rings. The molecule has 4 nitrogen and oxygen atoms in total. The minimum absolute atomic E-state index is 0.264. The highest BCUT2D eigenvalue weighted by molar-refractivity contribution is 7.13. The fraction of sp³-hybridized carbons (Fsp3) is 0.400. The lowest BCUT2D eigenvalue weighted by molar-refractivity contribution is 0.297. The van der Waals surface area contributed by atoms with Gasteiger partial charge in [0.25, 0.3) is 0 Å². The molecule has 0 bridgehead atoms. The average Bonchev–Trinajstić information content (AvgIpc) is 2.85. The van der Waals surface area contributed by atoms with Crippen molar-refractivity contribution in [1.82, 2.24) is 10.3 Å². The van der Waals surface area contributed by atoms with Crippen LogP contribution in [-0.4, -0.2) is 25.2 Å². The molecule has 0 aliphatic carbocycles. The largest absolute Gasteiger partial charge is 0.490 e. The Balaban J connectivity index is 1.90. The third-order valence-electron chi connectivity index (χ3n) is 3.39. The molecule has 1 unspecified atom stereocenters. The van der Waals surface area contributed by atoms with Crippen molar-refractivity contribution in [2.45, 2.75) is 19.4 Å². The molecule has 3 rings (SSSR count). The van der Waals surface area contributed by atoms with E-state index in [0.29, 0.717) is 13.2 Å². The quantitative estimate of drug-likeness (QED) is 0.942. The van der Waals surface area contributed by atoms with Crippen LogP contribution in [0.3, 0.4) is 0 Å². The fourth-order valence-electron chi connectivity index (χ4n) is 2.06. The van der Waals surface area contributed by atoms with Gasteiger partial charge in [0.15, 0.2) is 11.5 Å². The van der Waals surface area contributed by atoms with Crippen molar-refractivity contribution in [3.63, 3.8) is 0 Å². The molecule has 1 aliphatic rings. The summed E-state index contributed by atoms with van der Waals surface area (Å²) in [7, 11) is 1.94. The van der Waals surface area contributed by atoms with Gasteiger partial charge in [-0.1, -0.05) is 0 Å². The van der Waals surface area contributed by atoms with Gasteiger partial charge in [0.1, 0.15) is 5.01 Å². The van der Waals surface area contributed by atoms with E-state index < -0.39 is 0 Å². The monoisotopic (exact) mass is 290 g/mol. The Morgan fingerprint density at radius 1 is 1.25 bits per heavy atom. The summed E-state index contributed by atoms with van der Waals surface area (Å²) in [6, 6.07) is 6.30. The number of hydrogen-bond donors (Lipinski definition) is 1. The number of nitrogens with zero attached hydrogens (tertiary/aromatic N) is 1. The maximum Gasteiger partial charge on any atom is 0.161 e. The van der Waals surface area contributed by atoms with Crippen molar-refractivity contribution >= 4 is 11.3 Å². The highest BCUT2D eigenvalue weighted by atomic mass is 32.1. The van der Waals surface area contributed by atoms with E-state index in [1.807, 2.05) is 25.2 Å². The third kappa shape index (κ3) is 2.64. The predicted molar refractivity (Wildman–Crippen MR) is 80.6 cm³/mol. The second-order valence-corrected chi connectivity index (χ2v) is 5.66. The predicted octanol–water partition coefficient (Wildman–Crippen LogP) is 3.25. The molecular formula is C15H18N2O2S. The van der Waals surface area contributed by atoms with Crippen LogP contribution in [0, 0.1) is 0 Å². The highest BCUT2D eigenvalue weighted by Gasteiger charge is 2.14. The third-order valence-corrected chi connectivity index (χ3v) is 4.30. The molecule has 1 aromatic heterocycles. The molecule has 0 amide bonds. The first kappa shape index (κ1) is 13.4. The summed E-state index contributed by atoms with van der Waals surface area (Å²) in [4.78, 5) is 4.68. The topological polar surface area (TPSA) is 43.4 Å². The van der Waals surface area contributed by atoms with E-state index in [2.05, 4.69) is 22.6 Å². The van der Waals surface area contributed by atoms with Crippen LogP contribution in [0.4, 0.5) is 0 Å². The first-order valence-corrected chi connectivity index (χ1v) is 7.68. The Labute approximate surface area is 122 Å². The lowest BCUT2D eigenvalue weighted by Crippen LogP contribution is -2.12. The number of benzene rings is 1. The van der Waals surface area contributed by atoms with E-state index in [9.17, 15) is 0 Å². The van der Waals surface area contributed by atoms with Gasteiger partial charge in [0.05, 0.1) is 18.9 Å². The summed E-state index contributed by atoms with van der Waals surface area (Å²) in [6.07, 6.45) is 0.922. The van der Waals surface area contributed by atoms with Gasteiger partial charge in [-0.05, 0) is 32.2 Å². The molecule has 20 heavy (non-hydrogen) atoms. The number of ether oxygens (including phenoxy) is 2. The molecule has 106 valence electrons. The second kappa shape index (κ2) is 5.81. The maximum absolute atomic E-state index is 5.73. The van der Waals surface area contributed by atoms with Crippen molar-refractivity contribution in [2.75, 3.05) is 20.3 Å². The average molecular weight is 290 g/mol.